The maximum Gasteiger partial charge on any atom is 0.329 e. The van der Waals surface area contributed by atoms with E-state index in [9.17, 15) is 14.0 Å². The maximum atomic E-state index is 15.3. The molecule has 0 spiro atoms. The van der Waals surface area contributed by atoms with Crippen molar-refractivity contribution in [2.75, 3.05) is 31.6 Å². The Kier molecular flexibility index (Phi) is 4.21. The number of anilines is 1. The van der Waals surface area contributed by atoms with Crippen molar-refractivity contribution in [1.29, 1.82) is 0 Å². The van der Waals surface area contributed by atoms with E-state index in [0.29, 0.717) is 0 Å². The minimum Gasteiger partial charge on any atom is -0.492 e. The summed E-state index contributed by atoms with van der Waals surface area (Å²) >= 11 is 0. The van der Waals surface area contributed by atoms with Crippen LogP contribution in [0.3, 0.4) is 0 Å². The number of H-pyrrole nitrogens is 1. The standard InChI is InChI=1S/C18H22F2N4O3/c1-8-12-14(24(10-3-4-10)18(26)22-17(12)25)16(27-2)15(13(8)20)23-6-9(5-21)11(19)7-23/h9-11H,3-7,21H2,1-2H3,(H,22,25,26). The molecule has 27 heavy (non-hydrogen) atoms. The Morgan fingerprint density at radius 1 is 1.30 bits per heavy atom. The van der Waals surface area contributed by atoms with E-state index < -0.39 is 29.2 Å². The van der Waals surface area contributed by atoms with Gasteiger partial charge in [0.05, 0.1) is 12.5 Å². The SMILES string of the molecule is COc1c(N2CC(F)C(CN)C2)c(F)c(C)c2c(=O)[nH]c(=O)n(C3CC3)c12. The van der Waals surface area contributed by atoms with Crippen LogP contribution in [-0.2, 0) is 0 Å². The molecule has 146 valence electrons. The number of nitrogens with one attached hydrogen (secondary N) is 1. The summed E-state index contributed by atoms with van der Waals surface area (Å²) < 4.78 is 36.5. The van der Waals surface area contributed by atoms with E-state index in [1.54, 1.807) is 4.90 Å². The highest BCUT2D eigenvalue weighted by atomic mass is 19.1. The fourth-order valence-electron chi connectivity index (χ4n) is 4.01. The van der Waals surface area contributed by atoms with Crippen molar-refractivity contribution in [1.82, 2.24) is 9.55 Å². The van der Waals surface area contributed by atoms with Gasteiger partial charge in [-0.2, -0.15) is 0 Å². The van der Waals surface area contributed by atoms with E-state index in [1.165, 1.54) is 18.6 Å². The zero-order valence-corrected chi connectivity index (χ0v) is 15.2. The van der Waals surface area contributed by atoms with Crippen molar-refractivity contribution in [3.05, 3.63) is 32.2 Å². The average molecular weight is 380 g/mol. The van der Waals surface area contributed by atoms with E-state index in [1.807, 2.05) is 0 Å². The molecule has 2 atom stereocenters. The summed E-state index contributed by atoms with van der Waals surface area (Å²) in [6.45, 7) is 1.87. The van der Waals surface area contributed by atoms with Gasteiger partial charge < -0.3 is 15.4 Å². The molecule has 1 aromatic carbocycles. The number of rotatable bonds is 4. The summed E-state index contributed by atoms with van der Waals surface area (Å²) in [5, 5.41) is 0.0889. The lowest BCUT2D eigenvalue weighted by molar-refractivity contribution is 0.289. The number of aryl methyl sites for hydroxylation is 1. The molecular formula is C18H22F2N4O3. The second-order valence-corrected chi connectivity index (χ2v) is 7.32. The fraction of sp³-hybridized carbons (Fsp3) is 0.556. The van der Waals surface area contributed by atoms with Gasteiger partial charge in [-0.15, -0.1) is 0 Å². The molecule has 2 fully saturated rings. The number of nitrogens with zero attached hydrogens (tertiary/aromatic N) is 2. The quantitative estimate of drug-likeness (QED) is 0.832. The molecule has 0 bridgehead atoms. The summed E-state index contributed by atoms with van der Waals surface area (Å²) in [7, 11) is 1.36. The summed E-state index contributed by atoms with van der Waals surface area (Å²) in [6, 6.07) is -0.0623. The number of halogens is 2. The molecule has 1 saturated carbocycles. The van der Waals surface area contributed by atoms with Crippen molar-refractivity contribution in [2.45, 2.75) is 32.0 Å². The first-order chi connectivity index (χ1) is 12.9. The Morgan fingerprint density at radius 3 is 2.56 bits per heavy atom. The molecule has 2 unspecified atom stereocenters. The maximum absolute atomic E-state index is 15.3. The second kappa shape index (κ2) is 6.33. The van der Waals surface area contributed by atoms with Crippen LogP contribution in [0, 0.1) is 18.7 Å². The van der Waals surface area contributed by atoms with Crippen molar-refractivity contribution in [3.63, 3.8) is 0 Å². The fourth-order valence-corrected chi connectivity index (χ4v) is 4.01. The van der Waals surface area contributed by atoms with Gasteiger partial charge in [0.25, 0.3) is 5.56 Å². The molecule has 4 rings (SSSR count). The number of alkyl halides is 1. The summed E-state index contributed by atoms with van der Waals surface area (Å²) in [5.74, 6) is -0.960. The lowest BCUT2D eigenvalue weighted by Gasteiger charge is -2.25. The van der Waals surface area contributed by atoms with Gasteiger partial charge in [-0.05, 0) is 26.3 Å². The topological polar surface area (TPSA) is 93.3 Å². The number of fused-ring (bicyclic) bond motifs is 1. The molecule has 0 amide bonds. The minimum atomic E-state index is -1.18. The Hall–Kier alpha value is -2.42. The van der Waals surface area contributed by atoms with Crippen molar-refractivity contribution >= 4 is 16.6 Å². The van der Waals surface area contributed by atoms with Gasteiger partial charge in [0.15, 0.2) is 11.6 Å². The highest BCUT2D eigenvalue weighted by Gasteiger charge is 2.37. The van der Waals surface area contributed by atoms with Gasteiger partial charge in [0.2, 0.25) is 0 Å². The predicted molar refractivity (Wildman–Crippen MR) is 98.0 cm³/mol. The molecule has 1 aromatic heterocycles. The van der Waals surface area contributed by atoms with Crippen LogP contribution in [0.4, 0.5) is 14.5 Å². The van der Waals surface area contributed by atoms with Crippen LogP contribution in [0.5, 0.6) is 5.75 Å². The van der Waals surface area contributed by atoms with Crippen molar-refractivity contribution in [3.8, 4) is 5.75 Å². The third kappa shape index (κ3) is 2.63. The molecule has 2 heterocycles. The van der Waals surface area contributed by atoms with Crippen LogP contribution in [0.1, 0.15) is 24.4 Å². The van der Waals surface area contributed by atoms with Crippen LogP contribution in [0.2, 0.25) is 0 Å². The number of ether oxygens (including phenoxy) is 1. The van der Waals surface area contributed by atoms with E-state index >= 15 is 4.39 Å². The Labute approximate surface area is 153 Å². The Balaban J connectivity index is 2.06. The van der Waals surface area contributed by atoms with Crippen LogP contribution >= 0.6 is 0 Å². The summed E-state index contributed by atoms with van der Waals surface area (Å²) in [4.78, 5) is 28.7. The third-order valence-electron chi connectivity index (χ3n) is 5.58. The van der Waals surface area contributed by atoms with Crippen LogP contribution < -0.4 is 26.6 Å². The monoisotopic (exact) mass is 380 g/mol. The molecule has 1 saturated heterocycles. The molecule has 2 aliphatic rings. The summed E-state index contributed by atoms with van der Waals surface area (Å²) in [5.41, 5.74) is 4.89. The van der Waals surface area contributed by atoms with Gasteiger partial charge in [-0.25, -0.2) is 13.6 Å². The Morgan fingerprint density at radius 2 is 2.00 bits per heavy atom. The lowest BCUT2D eigenvalue weighted by Crippen LogP contribution is -2.32. The number of aromatic nitrogens is 2. The van der Waals surface area contributed by atoms with Crippen molar-refractivity contribution < 1.29 is 13.5 Å². The Bertz CT molecular complexity index is 1030. The zero-order chi connectivity index (χ0) is 19.5. The molecule has 7 nitrogen and oxygen atoms in total. The van der Waals surface area contributed by atoms with Crippen molar-refractivity contribution in [2.24, 2.45) is 11.7 Å². The van der Waals surface area contributed by atoms with Gasteiger partial charge in [-0.1, -0.05) is 0 Å². The van der Waals surface area contributed by atoms with Crippen LogP contribution in [-0.4, -0.2) is 42.5 Å². The van der Waals surface area contributed by atoms with Gasteiger partial charge in [0, 0.05) is 30.6 Å². The first-order valence-corrected chi connectivity index (χ1v) is 9.02. The van der Waals surface area contributed by atoms with E-state index in [0.717, 1.165) is 12.8 Å². The second-order valence-electron chi connectivity index (χ2n) is 7.32. The molecule has 1 aliphatic heterocycles. The number of methoxy groups -OCH3 is 1. The highest BCUT2D eigenvalue weighted by Crippen LogP contribution is 2.44. The van der Waals surface area contributed by atoms with Crippen LogP contribution in [0.15, 0.2) is 9.59 Å². The number of nitrogens with two attached hydrogens (primary N) is 1. The molecule has 3 N–H and O–H groups in total. The zero-order valence-electron chi connectivity index (χ0n) is 15.2. The van der Waals surface area contributed by atoms with E-state index in [-0.39, 0.29) is 53.6 Å². The first kappa shape index (κ1) is 18.0. The van der Waals surface area contributed by atoms with Crippen LogP contribution in [0.25, 0.3) is 10.9 Å². The first-order valence-electron chi connectivity index (χ1n) is 9.02. The van der Waals surface area contributed by atoms with E-state index in [4.69, 9.17) is 10.5 Å². The molecular weight excluding hydrogens is 358 g/mol. The molecule has 9 heteroatoms. The largest absolute Gasteiger partial charge is 0.492 e. The molecule has 0 radical (unpaired) electrons. The van der Waals surface area contributed by atoms with Gasteiger partial charge in [-0.3, -0.25) is 14.3 Å². The van der Waals surface area contributed by atoms with E-state index in [2.05, 4.69) is 4.98 Å². The average Bonchev–Trinajstić information content (AvgIpc) is 3.39. The number of benzene rings is 1. The lowest BCUT2D eigenvalue weighted by atomic mass is 10.1. The predicted octanol–water partition coefficient (Wildman–Crippen LogP) is 1.21. The molecule has 1 aliphatic carbocycles. The molecule has 2 aromatic rings. The van der Waals surface area contributed by atoms with Gasteiger partial charge in [0.1, 0.15) is 17.4 Å². The smallest absolute Gasteiger partial charge is 0.329 e. The van der Waals surface area contributed by atoms with Gasteiger partial charge >= 0.3 is 5.69 Å². The third-order valence-corrected chi connectivity index (χ3v) is 5.58. The summed E-state index contributed by atoms with van der Waals surface area (Å²) in [6.07, 6.45) is 0.406. The normalized spacial score (nSPS) is 22.6. The number of hydrogen-bond donors (Lipinski definition) is 2. The highest BCUT2D eigenvalue weighted by molar-refractivity contribution is 5.93. The number of hydrogen-bond acceptors (Lipinski definition) is 5. The minimum absolute atomic E-state index is 0.0169. The number of aromatic amines is 1.